The van der Waals surface area contributed by atoms with Gasteiger partial charge in [-0.1, -0.05) is 30.8 Å². The third-order valence-corrected chi connectivity index (χ3v) is 4.18. The zero-order valence-electron chi connectivity index (χ0n) is 11.1. The van der Waals surface area contributed by atoms with E-state index in [1.807, 2.05) is 13.0 Å². The van der Waals surface area contributed by atoms with Gasteiger partial charge in [0.05, 0.1) is 0 Å². The first-order chi connectivity index (χ1) is 9.58. The molecule has 0 fully saturated rings. The van der Waals surface area contributed by atoms with Gasteiger partial charge >= 0.3 is 5.97 Å². The van der Waals surface area contributed by atoms with Crippen molar-refractivity contribution in [3.05, 3.63) is 35.5 Å². The Kier molecular flexibility index (Phi) is 5.03. The summed E-state index contributed by atoms with van der Waals surface area (Å²) in [6.45, 7) is 3.36. The average Bonchev–Trinajstić information content (AvgIpc) is 2.70. The Morgan fingerprint density at radius 3 is 3.00 bits per heavy atom. The molecule has 0 unspecified atom stereocenters. The molecule has 0 aromatic heterocycles. The van der Waals surface area contributed by atoms with Crippen molar-refractivity contribution in [2.24, 2.45) is 4.99 Å². The van der Waals surface area contributed by atoms with Crippen LogP contribution in [0.25, 0.3) is 6.08 Å². The summed E-state index contributed by atoms with van der Waals surface area (Å²) < 4.78 is 5.79. The van der Waals surface area contributed by atoms with Gasteiger partial charge in [0.25, 0.3) is 0 Å². The molecule has 0 radical (unpaired) electrons. The van der Waals surface area contributed by atoms with Crippen LogP contribution in [0.15, 0.2) is 35.0 Å². The highest BCUT2D eigenvalue weighted by atomic mass is 32.2. The molecule has 20 heavy (non-hydrogen) atoms. The summed E-state index contributed by atoms with van der Waals surface area (Å²) >= 11 is 2.70. The van der Waals surface area contributed by atoms with Gasteiger partial charge in [0.2, 0.25) is 5.12 Å². The largest absolute Gasteiger partial charge is 0.427 e. The van der Waals surface area contributed by atoms with E-state index in [1.54, 1.807) is 36.0 Å². The summed E-state index contributed by atoms with van der Waals surface area (Å²) in [7, 11) is 0. The Balaban J connectivity index is 2.22. The van der Waals surface area contributed by atoms with Crippen molar-refractivity contribution in [1.29, 1.82) is 0 Å². The SMILES string of the molecule is CCSC1=NC(=Cc2cccc(OC(C)=O)c2)C(=O)S1. The molecular weight excluding hydrogens is 294 g/mol. The van der Waals surface area contributed by atoms with Crippen molar-refractivity contribution < 1.29 is 14.3 Å². The Morgan fingerprint density at radius 1 is 1.50 bits per heavy atom. The van der Waals surface area contributed by atoms with Crippen molar-refractivity contribution >= 4 is 45.1 Å². The van der Waals surface area contributed by atoms with Gasteiger partial charge in [-0.3, -0.25) is 9.59 Å². The van der Waals surface area contributed by atoms with E-state index in [-0.39, 0.29) is 11.1 Å². The normalized spacial score (nSPS) is 16.4. The van der Waals surface area contributed by atoms with Crippen LogP contribution in [-0.4, -0.2) is 21.2 Å². The minimum absolute atomic E-state index is 0.0566. The fourth-order valence-electron chi connectivity index (χ4n) is 1.57. The molecule has 0 bridgehead atoms. The molecule has 6 heteroatoms. The van der Waals surface area contributed by atoms with E-state index in [1.165, 1.54) is 6.92 Å². The summed E-state index contributed by atoms with van der Waals surface area (Å²) in [6.07, 6.45) is 1.70. The Hall–Kier alpha value is -1.53. The monoisotopic (exact) mass is 307 g/mol. The average molecular weight is 307 g/mol. The predicted octanol–water partition coefficient (Wildman–Crippen LogP) is 3.34. The topological polar surface area (TPSA) is 55.7 Å². The molecule has 4 nitrogen and oxygen atoms in total. The second-order valence-electron chi connectivity index (χ2n) is 3.90. The molecular formula is C14H13NO3S2. The minimum atomic E-state index is -0.373. The van der Waals surface area contributed by atoms with Crippen molar-refractivity contribution in [3.8, 4) is 5.75 Å². The highest BCUT2D eigenvalue weighted by molar-refractivity contribution is 8.45. The van der Waals surface area contributed by atoms with Crippen molar-refractivity contribution in [2.75, 3.05) is 5.75 Å². The van der Waals surface area contributed by atoms with Crippen LogP contribution in [-0.2, 0) is 9.59 Å². The van der Waals surface area contributed by atoms with Crippen LogP contribution in [0, 0.1) is 0 Å². The van der Waals surface area contributed by atoms with E-state index in [9.17, 15) is 9.59 Å². The molecule has 1 aromatic rings. The number of carbonyl (C=O) groups excluding carboxylic acids is 2. The van der Waals surface area contributed by atoms with E-state index < -0.39 is 0 Å². The molecule has 1 aliphatic heterocycles. The molecule has 1 heterocycles. The number of hydrogen-bond acceptors (Lipinski definition) is 6. The Morgan fingerprint density at radius 2 is 2.30 bits per heavy atom. The summed E-state index contributed by atoms with van der Waals surface area (Å²) in [4.78, 5) is 27.0. The molecule has 0 aliphatic carbocycles. The van der Waals surface area contributed by atoms with Gasteiger partial charge in [0.15, 0.2) is 0 Å². The maximum atomic E-state index is 11.8. The molecule has 2 rings (SSSR count). The standard InChI is InChI=1S/C14H13NO3S2/c1-3-19-14-15-12(13(17)20-14)8-10-5-4-6-11(7-10)18-9(2)16/h4-8H,3H2,1-2H3. The van der Waals surface area contributed by atoms with Gasteiger partial charge in [-0.15, -0.1) is 0 Å². The van der Waals surface area contributed by atoms with Crippen LogP contribution in [0.4, 0.5) is 0 Å². The first kappa shape index (κ1) is 14.9. The van der Waals surface area contributed by atoms with Gasteiger partial charge in [-0.25, -0.2) is 4.99 Å². The van der Waals surface area contributed by atoms with Crippen molar-refractivity contribution in [2.45, 2.75) is 13.8 Å². The fourth-order valence-corrected chi connectivity index (χ4v) is 3.30. The molecule has 0 saturated carbocycles. The van der Waals surface area contributed by atoms with E-state index in [4.69, 9.17) is 4.74 Å². The first-order valence-electron chi connectivity index (χ1n) is 6.02. The highest BCUT2D eigenvalue weighted by Gasteiger charge is 2.21. The van der Waals surface area contributed by atoms with Crippen LogP contribution in [0.3, 0.4) is 0 Å². The second-order valence-corrected chi connectivity index (χ2v) is 6.37. The molecule has 0 amide bonds. The van der Waals surface area contributed by atoms with E-state index in [0.717, 1.165) is 27.5 Å². The molecule has 0 N–H and O–H groups in total. The number of thioether (sulfide) groups is 2. The first-order valence-corrected chi connectivity index (χ1v) is 7.82. The van der Waals surface area contributed by atoms with Crippen LogP contribution < -0.4 is 4.74 Å². The quantitative estimate of drug-likeness (QED) is 0.487. The van der Waals surface area contributed by atoms with Gasteiger partial charge < -0.3 is 4.74 Å². The maximum Gasteiger partial charge on any atom is 0.308 e. The lowest BCUT2D eigenvalue weighted by atomic mass is 10.2. The lowest BCUT2D eigenvalue weighted by molar-refractivity contribution is -0.131. The van der Waals surface area contributed by atoms with Crippen LogP contribution in [0.2, 0.25) is 0 Å². The van der Waals surface area contributed by atoms with Gasteiger partial charge in [-0.05, 0) is 41.3 Å². The number of esters is 1. The number of nitrogens with zero attached hydrogens (tertiary/aromatic N) is 1. The molecule has 104 valence electrons. The summed E-state index contributed by atoms with van der Waals surface area (Å²) in [5.74, 6) is 0.966. The predicted molar refractivity (Wildman–Crippen MR) is 83.9 cm³/mol. The van der Waals surface area contributed by atoms with Crippen LogP contribution in [0.1, 0.15) is 19.4 Å². The van der Waals surface area contributed by atoms with E-state index in [0.29, 0.717) is 11.4 Å². The van der Waals surface area contributed by atoms with Gasteiger partial charge in [-0.2, -0.15) is 0 Å². The minimum Gasteiger partial charge on any atom is -0.427 e. The van der Waals surface area contributed by atoms with E-state index in [2.05, 4.69) is 4.99 Å². The lowest BCUT2D eigenvalue weighted by Crippen LogP contribution is -2.01. The fraction of sp³-hybridized carbons (Fsp3) is 0.214. The molecule has 0 spiro atoms. The maximum absolute atomic E-state index is 11.8. The highest BCUT2D eigenvalue weighted by Crippen LogP contribution is 2.31. The number of benzene rings is 1. The van der Waals surface area contributed by atoms with Gasteiger partial charge in [0.1, 0.15) is 15.8 Å². The number of aliphatic imine (C=N–C) groups is 1. The smallest absolute Gasteiger partial charge is 0.308 e. The number of hydrogen-bond donors (Lipinski definition) is 0. The summed E-state index contributed by atoms with van der Waals surface area (Å²) in [5, 5.41) is -0.0566. The lowest BCUT2D eigenvalue weighted by Gasteiger charge is -2.01. The third kappa shape index (κ3) is 3.98. The summed E-state index contributed by atoms with van der Waals surface area (Å²) in [6, 6.07) is 6.99. The van der Waals surface area contributed by atoms with Crippen molar-refractivity contribution in [1.82, 2.24) is 0 Å². The summed E-state index contributed by atoms with van der Waals surface area (Å²) in [5.41, 5.74) is 1.20. The zero-order valence-corrected chi connectivity index (χ0v) is 12.7. The number of carbonyl (C=O) groups is 2. The molecule has 0 saturated heterocycles. The van der Waals surface area contributed by atoms with E-state index >= 15 is 0 Å². The Bertz CT molecular complexity index is 608. The van der Waals surface area contributed by atoms with Gasteiger partial charge in [0, 0.05) is 6.92 Å². The zero-order chi connectivity index (χ0) is 14.5. The number of ether oxygens (including phenoxy) is 1. The molecule has 0 atom stereocenters. The van der Waals surface area contributed by atoms with Crippen LogP contribution >= 0.6 is 23.5 Å². The number of rotatable bonds is 3. The molecule has 1 aromatic carbocycles. The second kappa shape index (κ2) is 6.76. The van der Waals surface area contributed by atoms with Crippen molar-refractivity contribution in [3.63, 3.8) is 0 Å². The third-order valence-electron chi connectivity index (χ3n) is 2.29. The van der Waals surface area contributed by atoms with Crippen LogP contribution in [0.5, 0.6) is 5.75 Å². The Labute approximate surface area is 125 Å². The molecule has 1 aliphatic rings.